The minimum atomic E-state index is -0.0506. The number of aryl methyl sites for hydroxylation is 2. The highest BCUT2D eigenvalue weighted by atomic mass is 79.9. The second kappa shape index (κ2) is 5.52. The van der Waals surface area contributed by atoms with Crippen LogP contribution < -0.4 is 0 Å². The molecule has 0 aromatic carbocycles. The fraction of sp³-hybridized carbons (Fsp3) is 0.308. The third-order valence-corrected chi connectivity index (χ3v) is 3.61. The van der Waals surface area contributed by atoms with Gasteiger partial charge in [0.25, 0.3) is 0 Å². The summed E-state index contributed by atoms with van der Waals surface area (Å²) < 4.78 is 4.37. The molecule has 0 saturated heterocycles. The van der Waals surface area contributed by atoms with Crippen molar-refractivity contribution in [2.75, 3.05) is 0 Å². The first-order valence-electron chi connectivity index (χ1n) is 5.97. The summed E-state index contributed by atoms with van der Waals surface area (Å²) >= 11 is 3.39. The van der Waals surface area contributed by atoms with Gasteiger partial charge in [0.1, 0.15) is 0 Å². The second-order valence-corrected chi connectivity index (χ2v) is 5.01. The highest BCUT2D eigenvalue weighted by Crippen LogP contribution is 2.17. The van der Waals surface area contributed by atoms with Gasteiger partial charge < -0.3 is 0 Å². The van der Waals surface area contributed by atoms with Crippen molar-refractivity contribution in [2.45, 2.75) is 20.4 Å². The number of allylic oxidation sites excluding steroid dienone is 1. The van der Waals surface area contributed by atoms with E-state index in [1.165, 1.54) is 0 Å². The summed E-state index contributed by atoms with van der Waals surface area (Å²) in [5, 5.41) is 8.26. The first-order valence-corrected chi connectivity index (χ1v) is 6.76. The highest BCUT2D eigenvalue weighted by molar-refractivity contribution is 9.10. The molecule has 19 heavy (non-hydrogen) atoms. The van der Waals surface area contributed by atoms with Crippen LogP contribution in [0.5, 0.6) is 0 Å². The smallest absolute Gasteiger partial charge is 0.189 e. The van der Waals surface area contributed by atoms with Crippen LogP contribution in [0.2, 0.25) is 0 Å². The summed E-state index contributed by atoms with van der Waals surface area (Å²) in [6, 6.07) is 0. The van der Waals surface area contributed by atoms with Crippen molar-refractivity contribution in [3.8, 4) is 0 Å². The van der Waals surface area contributed by atoms with Gasteiger partial charge in [-0.15, -0.1) is 0 Å². The summed E-state index contributed by atoms with van der Waals surface area (Å²) in [7, 11) is 1.83. The van der Waals surface area contributed by atoms with Crippen molar-refractivity contribution in [3.05, 3.63) is 39.9 Å². The van der Waals surface area contributed by atoms with Crippen LogP contribution in [0.4, 0.5) is 0 Å². The maximum atomic E-state index is 12.1. The molecule has 6 heteroatoms. The molecule has 0 bridgehead atoms. The number of hydrogen-bond acceptors (Lipinski definition) is 3. The van der Waals surface area contributed by atoms with E-state index >= 15 is 0 Å². The summed E-state index contributed by atoms with van der Waals surface area (Å²) in [6.07, 6.45) is 6.61. The molecule has 2 aromatic heterocycles. The molecule has 0 fully saturated rings. The van der Waals surface area contributed by atoms with Gasteiger partial charge >= 0.3 is 0 Å². The fourth-order valence-corrected chi connectivity index (χ4v) is 2.34. The average Bonchev–Trinajstić information content (AvgIpc) is 2.91. The van der Waals surface area contributed by atoms with Crippen molar-refractivity contribution in [1.29, 1.82) is 0 Å². The monoisotopic (exact) mass is 322 g/mol. The number of carbonyl (C=O) groups excluding carboxylic acids is 1. The van der Waals surface area contributed by atoms with Gasteiger partial charge in [-0.05, 0) is 41.9 Å². The molecule has 0 unspecified atom stereocenters. The Balaban J connectivity index is 2.24. The Hall–Kier alpha value is -1.69. The van der Waals surface area contributed by atoms with Crippen LogP contribution in [0.25, 0.3) is 6.08 Å². The van der Waals surface area contributed by atoms with Crippen molar-refractivity contribution in [3.63, 3.8) is 0 Å². The lowest BCUT2D eigenvalue weighted by Gasteiger charge is -1.99. The lowest BCUT2D eigenvalue weighted by molar-refractivity contribution is 0.104. The molecule has 2 rings (SSSR count). The molecule has 2 heterocycles. The van der Waals surface area contributed by atoms with Crippen molar-refractivity contribution < 1.29 is 4.79 Å². The number of nitrogens with zero attached hydrogens (tertiary/aromatic N) is 4. The summed E-state index contributed by atoms with van der Waals surface area (Å²) in [5.74, 6) is -0.0506. The average molecular weight is 323 g/mol. The van der Waals surface area contributed by atoms with Gasteiger partial charge in [0.15, 0.2) is 5.78 Å². The molecular weight excluding hydrogens is 308 g/mol. The molecule has 5 nitrogen and oxygen atoms in total. The summed E-state index contributed by atoms with van der Waals surface area (Å²) in [4.78, 5) is 12.1. The number of rotatable bonds is 4. The Morgan fingerprint density at radius 2 is 2.16 bits per heavy atom. The zero-order valence-electron chi connectivity index (χ0n) is 11.1. The zero-order chi connectivity index (χ0) is 14.0. The Morgan fingerprint density at radius 1 is 1.42 bits per heavy atom. The molecule has 0 amide bonds. The molecular formula is C13H15BrN4O. The maximum absolute atomic E-state index is 12.1. The van der Waals surface area contributed by atoms with Crippen molar-refractivity contribution in [2.24, 2.45) is 7.05 Å². The van der Waals surface area contributed by atoms with Gasteiger partial charge in [-0.25, -0.2) is 0 Å². The lowest BCUT2D eigenvalue weighted by Crippen LogP contribution is -2.02. The molecule has 0 N–H and O–H groups in total. The molecule has 0 aliphatic heterocycles. The van der Waals surface area contributed by atoms with E-state index in [2.05, 4.69) is 26.1 Å². The SMILES string of the molecule is CCn1ncc(C(=O)/C=C/c2c(Br)cnn2C)c1C. The van der Waals surface area contributed by atoms with Crippen LogP contribution in [-0.2, 0) is 13.6 Å². The van der Waals surface area contributed by atoms with E-state index in [0.29, 0.717) is 5.56 Å². The van der Waals surface area contributed by atoms with Gasteiger partial charge in [0.05, 0.1) is 28.1 Å². The minimum absolute atomic E-state index is 0.0506. The fourth-order valence-electron chi connectivity index (χ4n) is 1.86. The van der Waals surface area contributed by atoms with Crippen LogP contribution in [0.15, 0.2) is 22.9 Å². The molecule has 0 aliphatic carbocycles. The predicted octanol–water partition coefficient (Wildman–Crippen LogP) is 2.60. The van der Waals surface area contributed by atoms with Gasteiger partial charge in [-0.2, -0.15) is 10.2 Å². The van der Waals surface area contributed by atoms with Gasteiger partial charge in [-0.3, -0.25) is 14.2 Å². The molecule has 100 valence electrons. The summed E-state index contributed by atoms with van der Waals surface area (Å²) in [5.41, 5.74) is 2.38. The lowest BCUT2D eigenvalue weighted by atomic mass is 10.1. The van der Waals surface area contributed by atoms with Crippen molar-refractivity contribution >= 4 is 27.8 Å². The Labute approximate surface area is 120 Å². The van der Waals surface area contributed by atoms with E-state index in [-0.39, 0.29) is 5.78 Å². The van der Waals surface area contributed by atoms with Gasteiger partial charge in [-0.1, -0.05) is 0 Å². The first kappa shape index (κ1) is 13.7. The van der Waals surface area contributed by atoms with E-state index in [9.17, 15) is 4.79 Å². The second-order valence-electron chi connectivity index (χ2n) is 4.16. The third-order valence-electron chi connectivity index (χ3n) is 3.00. The van der Waals surface area contributed by atoms with E-state index < -0.39 is 0 Å². The molecule has 0 spiro atoms. The van der Waals surface area contributed by atoms with E-state index in [4.69, 9.17) is 0 Å². The van der Waals surface area contributed by atoms with E-state index in [1.807, 2.05) is 20.9 Å². The van der Waals surface area contributed by atoms with E-state index in [1.54, 1.807) is 33.9 Å². The highest BCUT2D eigenvalue weighted by Gasteiger charge is 2.11. The Bertz CT molecular complexity index is 620. The number of carbonyl (C=O) groups is 1. The maximum Gasteiger partial charge on any atom is 0.189 e. The van der Waals surface area contributed by atoms with Crippen molar-refractivity contribution in [1.82, 2.24) is 19.6 Å². The molecule has 0 saturated carbocycles. The van der Waals surface area contributed by atoms with Crippen LogP contribution in [-0.4, -0.2) is 25.3 Å². The normalized spacial score (nSPS) is 11.4. The standard InChI is InChI=1S/C13H15BrN4O/c1-4-18-9(2)10(7-16-18)13(19)6-5-12-11(14)8-15-17(12)3/h5-8H,4H2,1-3H3/b6-5+. The number of halogens is 1. The van der Waals surface area contributed by atoms with Crippen LogP contribution in [0.1, 0.15) is 28.7 Å². The van der Waals surface area contributed by atoms with Crippen LogP contribution in [0.3, 0.4) is 0 Å². The molecule has 2 aromatic rings. The molecule has 0 atom stereocenters. The van der Waals surface area contributed by atoms with Gasteiger partial charge in [0.2, 0.25) is 0 Å². The predicted molar refractivity (Wildman–Crippen MR) is 76.9 cm³/mol. The van der Waals surface area contributed by atoms with E-state index in [0.717, 1.165) is 22.4 Å². The molecule has 0 aliphatic rings. The largest absolute Gasteiger partial charge is 0.289 e. The summed E-state index contributed by atoms with van der Waals surface area (Å²) in [6.45, 7) is 4.66. The topological polar surface area (TPSA) is 52.7 Å². The number of aromatic nitrogens is 4. The van der Waals surface area contributed by atoms with Gasteiger partial charge in [0, 0.05) is 19.3 Å². The minimum Gasteiger partial charge on any atom is -0.289 e. The third kappa shape index (κ3) is 2.68. The Kier molecular flexibility index (Phi) is 3.99. The number of hydrogen-bond donors (Lipinski definition) is 0. The van der Waals surface area contributed by atoms with Crippen LogP contribution >= 0.6 is 15.9 Å². The first-order chi connectivity index (χ1) is 9.04. The number of ketones is 1. The quantitative estimate of drug-likeness (QED) is 0.642. The zero-order valence-corrected chi connectivity index (χ0v) is 12.7. The molecule has 0 radical (unpaired) electrons. The van der Waals surface area contributed by atoms with Crippen LogP contribution in [0, 0.1) is 6.92 Å². The Morgan fingerprint density at radius 3 is 2.68 bits per heavy atom.